The summed E-state index contributed by atoms with van der Waals surface area (Å²) in [7, 11) is 0. The van der Waals surface area contributed by atoms with Crippen molar-refractivity contribution in [3.8, 4) is 5.75 Å². The molecule has 0 saturated heterocycles. The second-order valence-electron chi connectivity index (χ2n) is 1.69. The Kier molecular flexibility index (Phi) is 4.61. The SMILES string of the molecule is Cl.NOc1ccc(Cl)c(Cl)c1. The van der Waals surface area contributed by atoms with Crippen molar-refractivity contribution >= 4 is 35.6 Å². The zero-order chi connectivity index (χ0) is 7.56. The van der Waals surface area contributed by atoms with Crippen molar-refractivity contribution in [1.29, 1.82) is 0 Å². The largest absolute Gasteiger partial charge is 0.411 e. The maximum Gasteiger partial charge on any atom is 0.148 e. The summed E-state index contributed by atoms with van der Waals surface area (Å²) in [6.07, 6.45) is 0. The van der Waals surface area contributed by atoms with Crippen LogP contribution >= 0.6 is 35.6 Å². The van der Waals surface area contributed by atoms with E-state index in [4.69, 9.17) is 29.1 Å². The van der Waals surface area contributed by atoms with Crippen LogP contribution in [0, 0.1) is 0 Å². The molecule has 2 nitrogen and oxygen atoms in total. The van der Waals surface area contributed by atoms with Crippen LogP contribution in [0.2, 0.25) is 10.0 Å². The van der Waals surface area contributed by atoms with Crippen LogP contribution in [0.4, 0.5) is 0 Å². The molecule has 1 aromatic rings. The summed E-state index contributed by atoms with van der Waals surface area (Å²) in [5.41, 5.74) is 0. The lowest BCUT2D eigenvalue weighted by Gasteiger charge is -1.98. The summed E-state index contributed by atoms with van der Waals surface area (Å²) in [4.78, 5) is 4.41. The molecular formula is C6H6Cl3NO. The molecule has 0 amide bonds. The first-order valence-corrected chi connectivity index (χ1v) is 3.31. The van der Waals surface area contributed by atoms with Crippen molar-refractivity contribution < 1.29 is 4.84 Å². The highest BCUT2D eigenvalue weighted by molar-refractivity contribution is 6.42. The first kappa shape index (κ1) is 10.8. The monoisotopic (exact) mass is 213 g/mol. The standard InChI is InChI=1S/C6H5Cl2NO.ClH/c7-5-2-1-4(10-9)3-6(5)8;/h1-3H,9H2;1H. The van der Waals surface area contributed by atoms with Gasteiger partial charge in [-0.3, -0.25) is 0 Å². The molecule has 2 N–H and O–H groups in total. The summed E-state index contributed by atoms with van der Waals surface area (Å²) in [6, 6.07) is 4.80. The first-order chi connectivity index (χ1) is 4.74. The Morgan fingerprint density at radius 3 is 2.27 bits per heavy atom. The molecule has 0 atom stereocenters. The molecule has 11 heavy (non-hydrogen) atoms. The molecule has 5 heteroatoms. The molecule has 0 unspecified atom stereocenters. The predicted octanol–water partition coefficient (Wildman–Crippen LogP) is 2.67. The molecule has 0 heterocycles. The first-order valence-electron chi connectivity index (χ1n) is 2.56. The van der Waals surface area contributed by atoms with Crippen LogP contribution in [0.15, 0.2) is 18.2 Å². The third-order valence-electron chi connectivity index (χ3n) is 1.03. The predicted molar refractivity (Wildman–Crippen MR) is 48.5 cm³/mol. The zero-order valence-electron chi connectivity index (χ0n) is 5.38. The highest BCUT2D eigenvalue weighted by Gasteiger charge is 1.97. The molecular weight excluding hydrogens is 208 g/mol. The number of hydrogen-bond acceptors (Lipinski definition) is 2. The molecule has 0 spiro atoms. The fourth-order valence-electron chi connectivity index (χ4n) is 0.550. The van der Waals surface area contributed by atoms with Crippen LogP contribution < -0.4 is 10.7 Å². The Morgan fingerprint density at radius 2 is 1.82 bits per heavy atom. The van der Waals surface area contributed by atoms with E-state index in [1.54, 1.807) is 18.2 Å². The summed E-state index contributed by atoms with van der Waals surface area (Å²) in [5, 5.41) is 0.923. The Hall–Kier alpha value is -0.150. The maximum atomic E-state index is 5.63. The van der Waals surface area contributed by atoms with Gasteiger partial charge in [-0.2, -0.15) is 5.90 Å². The maximum absolute atomic E-state index is 5.63. The Balaban J connectivity index is 0.000001000. The molecule has 1 aromatic carbocycles. The van der Waals surface area contributed by atoms with Gasteiger partial charge in [0.15, 0.2) is 0 Å². The van der Waals surface area contributed by atoms with Gasteiger partial charge in [-0.15, -0.1) is 12.4 Å². The van der Waals surface area contributed by atoms with E-state index in [0.717, 1.165) is 0 Å². The topological polar surface area (TPSA) is 35.2 Å². The van der Waals surface area contributed by atoms with E-state index in [1.807, 2.05) is 0 Å². The van der Waals surface area contributed by atoms with Crippen molar-refractivity contribution in [3.63, 3.8) is 0 Å². The zero-order valence-corrected chi connectivity index (χ0v) is 7.71. The van der Waals surface area contributed by atoms with E-state index >= 15 is 0 Å². The molecule has 0 aromatic heterocycles. The Labute approximate surface area is 80.6 Å². The smallest absolute Gasteiger partial charge is 0.148 e. The molecule has 0 bridgehead atoms. The van der Waals surface area contributed by atoms with E-state index in [2.05, 4.69) is 4.84 Å². The van der Waals surface area contributed by atoms with Gasteiger partial charge < -0.3 is 4.84 Å². The second kappa shape index (κ2) is 4.67. The molecule has 62 valence electrons. The molecule has 0 aliphatic rings. The lowest BCUT2D eigenvalue weighted by molar-refractivity contribution is 0.334. The molecule has 0 fully saturated rings. The van der Waals surface area contributed by atoms with Crippen molar-refractivity contribution in [1.82, 2.24) is 0 Å². The van der Waals surface area contributed by atoms with Crippen LogP contribution in [0.1, 0.15) is 0 Å². The highest BCUT2D eigenvalue weighted by atomic mass is 35.5. The van der Waals surface area contributed by atoms with E-state index < -0.39 is 0 Å². The van der Waals surface area contributed by atoms with Crippen molar-refractivity contribution in [3.05, 3.63) is 28.2 Å². The van der Waals surface area contributed by atoms with Gasteiger partial charge in [0.25, 0.3) is 0 Å². The minimum atomic E-state index is 0. The second-order valence-corrected chi connectivity index (χ2v) is 2.51. The van der Waals surface area contributed by atoms with Crippen LogP contribution in [0.3, 0.4) is 0 Å². The van der Waals surface area contributed by atoms with Gasteiger partial charge in [0, 0.05) is 6.07 Å². The van der Waals surface area contributed by atoms with Crippen LogP contribution in [-0.4, -0.2) is 0 Å². The average Bonchev–Trinajstić information content (AvgIpc) is 1.95. The van der Waals surface area contributed by atoms with Crippen molar-refractivity contribution in [2.45, 2.75) is 0 Å². The van der Waals surface area contributed by atoms with Crippen LogP contribution in [0.25, 0.3) is 0 Å². The van der Waals surface area contributed by atoms with Crippen molar-refractivity contribution in [2.24, 2.45) is 5.90 Å². The van der Waals surface area contributed by atoms with E-state index in [1.165, 1.54) is 0 Å². The normalized spacial score (nSPS) is 8.64. The molecule has 0 saturated carbocycles. The molecule has 0 aliphatic heterocycles. The van der Waals surface area contributed by atoms with Crippen molar-refractivity contribution in [2.75, 3.05) is 0 Å². The van der Waals surface area contributed by atoms with E-state index in [-0.39, 0.29) is 12.4 Å². The summed E-state index contributed by atoms with van der Waals surface area (Å²) in [6.45, 7) is 0. The van der Waals surface area contributed by atoms with Gasteiger partial charge in [0.05, 0.1) is 10.0 Å². The minimum absolute atomic E-state index is 0. The molecule has 0 aliphatic carbocycles. The third kappa shape index (κ3) is 2.75. The molecule has 0 radical (unpaired) electrons. The van der Waals surface area contributed by atoms with Gasteiger partial charge in [-0.05, 0) is 12.1 Å². The van der Waals surface area contributed by atoms with Gasteiger partial charge in [-0.25, -0.2) is 0 Å². The summed E-state index contributed by atoms with van der Waals surface area (Å²) in [5.74, 6) is 5.36. The Morgan fingerprint density at radius 1 is 1.18 bits per heavy atom. The lowest BCUT2D eigenvalue weighted by Crippen LogP contribution is -2.01. The van der Waals surface area contributed by atoms with Crippen LogP contribution in [-0.2, 0) is 0 Å². The van der Waals surface area contributed by atoms with Gasteiger partial charge in [0.1, 0.15) is 5.75 Å². The number of nitrogens with two attached hydrogens (primary N) is 1. The van der Waals surface area contributed by atoms with Gasteiger partial charge in [-0.1, -0.05) is 23.2 Å². The summed E-state index contributed by atoms with van der Waals surface area (Å²) < 4.78 is 0. The number of hydrogen-bond donors (Lipinski definition) is 1. The average molecular weight is 214 g/mol. The fraction of sp³-hybridized carbons (Fsp3) is 0. The highest BCUT2D eigenvalue weighted by Crippen LogP contribution is 2.25. The van der Waals surface area contributed by atoms with Gasteiger partial charge >= 0.3 is 0 Å². The van der Waals surface area contributed by atoms with Gasteiger partial charge in [0.2, 0.25) is 0 Å². The Bertz CT molecular complexity index is 241. The molecule has 1 rings (SSSR count). The lowest BCUT2D eigenvalue weighted by atomic mass is 10.3. The quantitative estimate of drug-likeness (QED) is 0.730. The third-order valence-corrected chi connectivity index (χ3v) is 1.77. The van der Waals surface area contributed by atoms with E-state index in [9.17, 15) is 0 Å². The fourth-order valence-corrected chi connectivity index (χ4v) is 0.838. The number of halogens is 3. The number of rotatable bonds is 1. The number of benzene rings is 1. The summed E-state index contributed by atoms with van der Waals surface area (Å²) >= 11 is 11.2. The van der Waals surface area contributed by atoms with Crippen LogP contribution in [0.5, 0.6) is 5.75 Å². The minimum Gasteiger partial charge on any atom is -0.411 e. The van der Waals surface area contributed by atoms with E-state index in [0.29, 0.717) is 15.8 Å².